The highest BCUT2D eigenvalue weighted by molar-refractivity contribution is 7.20. The molecule has 0 saturated carbocycles. The monoisotopic (exact) mass is 396 g/mol. The Labute approximate surface area is 158 Å². The molecule has 0 bridgehead atoms. The van der Waals surface area contributed by atoms with E-state index >= 15 is 0 Å². The number of anilines is 1. The van der Waals surface area contributed by atoms with Gasteiger partial charge in [0, 0.05) is 10.9 Å². The molecule has 3 nitrogen and oxygen atoms in total. The first-order valence-corrected chi connectivity index (χ1v) is 9.64. The van der Waals surface area contributed by atoms with Crippen LogP contribution < -0.4 is 5.32 Å². The molecule has 124 valence electrons. The number of carbonyl (C=O) groups is 1. The van der Waals surface area contributed by atoms with Crippen molar-refractivity contribution in [2.45, 2.75) is 20.3 Å². The molecule has 0 atom stereocenters. The van der Waals surface area contributed by atoms with E-state index < -0.39 is 0 Å². The van der Waals surface area contributed by atoms with Crippen LogP contribution in [-0.2, 0) is 11.2 Å². The summed E-state index contributed by atoms with van der Waals surface area (Å²) in [5.74, 6) is -0.0858. The Kier molecular flexibility index (Phi) is 5.25. The summed E-state index contributed by atoms with van der Waals surface area (Å²) in [5, 5.41) is 5.26. The predicted octanol–water partition coefficient (Wildman–Crippen LogP) is 5.98. The molecule has 1 amide bonds. The molecule has 0 aliphatic heterocycles. The van der Waals surface area contributed by atoms with Crippen LogP contribution in [0.15, 0.2) is 29.6 Å². The van der Waals surface area contributed by atoms with Crippen molar-refractivity contribution in [3.63, 3.8) is 0 Å². The maximum Gasteiger partial charge on any atom is 0.230 e. The number of halogens is 2. The van der Waals surface area contributed by atoms with Crippen molar-refractivity contribution in [1.82, 2.24) is 4.98 Å². The Bertz CT molecular complexity index is 902. The number of carbonyl (C=O) groups excluding carboxylic acids is 1. The van der Waals surface area contributed by atoms with E-state index in [1.54, 1.807) is 6.07 Å². The number of nitrogens with one attached hydrogen (secondary N) is 1. The molecule has 2 aromatic heterocycles. The van der Waals surface area contributed by atoms with E-state index in [0.29, 0.717) is 20.2 Å². The van der Waals surface area contributed by atoms with Gasteiger partial charge in [0.1, 0.15) is 4.34 Å². The standard InChI is InChI=1S/C17H14Cl2N2OS2/c1-9-3-4-11(10(2)5-9)6-15(22)21-17-20-13(8-23-17)12-7-14(18)24-16(12)19/h3-5,7-8H,6H2,1-2H3,(H,20,21,22). The van der Waals surface area contributed by atoms with Crippen LogP contribution in [0.25, 0.3) is 11.3 Å². The normalized spacial score (nSPS) is 10.8. The molecule has 1 N–H and O–H groups in total. The van der Waals surface area contributed by atoms with Crippen molar-refractivity contribution in [2.75, 3.05) is 5.32 Å². The van der Waals surface area contributed by atoms with E-state index in [0.717, 1.165) is 22.4 Å². The molecule has 0 fully saturated rings. The Morgan fingerprint density at radius 2 is 2.04 bits per heavy atom. The second-order valence-electron chi connectivity index (χ2n) is 5.43. The third-order valence-corrected chi connectivity index (χ3v) is 5.78. The highest BCUT2D eigenvalue weighted by Crippen LogP contribution is 2.38. The van der Waals surface area contributed by atoms with Crippen molar-refractivity contribution in [1.29, 1.82) is 0 Å². The lowest BCUT2D eigenvalue weighted by Gasteiger charge is -2.06. The van der Waals surface area contributed by atoms with Crippen molar-refractivity contribution in [2.24, 2.45) is 0 Å². The fourth-order valence-electron chi connectivity index (χ4n) is 2.35. The van der Waals surface area contributed by atoms with Gasteiger partial charge in [0.15, 0.2) is 5.13 Å². The van der Waals surface area contributed by atoms with Crippen LogP contribution in [0.2, 0.25) is 8.67 Å². The van der Waals surface area contributed by atoms with Crippen molar-refractivity contribution < 1.29 is 4.79 Å². The maximum atomic E-state index is 12.2. The lowest BCUT2D eigenvalue weighted by Crippen LogP contribution is -2.14. The average Bonchev–Trinajstić information content (AvgIpc) is 3.08. The van der Waals surface area contributed by atoms with Crippen molar-refractivity contribution >= 4 is 56.9 Å². The van der Waals surface area contributed by atoms with Gasteiger partial charge in [-0.2, -0.15) is 0 Å². The molecule has 0 unspecified atom stereocenters. The molecule has 0 aliphatic carbocycles. The third-order valence-electron chi connectivity index (χ3n) is 3.53. The van der Waals surface area contributed by atoms with E-state index in [-0.39, 0.29) is 5.91 Å². The van der Waals surface area contributed by atoms with Crippen LogP contribution in [0.1, 0.15) is 16.7 Å². The molecule has 0 radical (unpaired) electrons. The molecule has 1 aromatic carbocycles. The first-order chi connectivity index (χ1) is 11.4. The summed E-state index contributed by atoms with van der Waals surface area (Å²) in [6.07, 6.45) is 0.325. The second kappa shape index (κ2) is 7.23. The van der Waals surface area contributed by atoms with E-state index in [4.69, 9.17) is 23.2 Å². The quantitative estimate of drug-likeness (QED) is 0.589. The molecule has 3 aromatic rings. The van der Waals surface area contributed by atoms with Gasteiger partial charge in [0.05, 0.1) is 16.5 Å². The number of thiophene rings is 1. The number of hydrogen-bond acceptors (Lipinski definition) is 4. The predicted molar refractivity (Wildman–Crippen MR) is 104 cm³/mol. The number of benzene rings is 1. The average molecular weight is 397 g/mol. The highest BCUT2D eigenvalue weighted by atomic mass is 35.5. The van der Waals surface area contributed by atoms with Crippen LogP contribution in [0.3, 0.4) is 0 Å². The van der Waals surface area contributed by atoms with Crippen molar-refractivity contribution in [3.05, 3.63) is 55.0 Å². The number of rotatable bonds is 4. The summed E-state index contributed by atoms with van der Waals surface area (Å²) < 4.78 is 1.21. The zero-order chi connectivity index (χ0) is 17.3. The van der Waals surface area contributed by atoms with Gasteiger partial charge in [0.2, 0.25) is 5.91 Å². The molecule has 24 heavy (non-hydrogen) atoms. The minimum absolute atomic E-state index is 0.0858. The molecule has 0 spiro atoms. The summed E-state index contributed by atoms with van der Waals surface area (Å²) >= 11 is 14.8. The largest absolute Gasteiger partial charge is 0.302 e. The summed E-state index contributed by atoms with van der Waals surface area (Å²) in [6, 6.07) is 7.86. The van der Waals surface area contributed by atoms with Gasteiger partial charge in [-0.05, 0) is 31.0 Å². The molecular weight excluding hydrogens is 383 g/mol. The first-order valence-electron chi connectivity index (χ1n) is 7.19. The van der Waals surface area contributed by atoms with Gasteiger partial charge in [0.25, 0.3) is 0 Å². The molecule has 0 aliphatic rings. The van der Waals surface area contributed by atoms with Gasteiger partial charge in [-0.1, -0.05) is 47.0 Å². The van der Waals surface area contributed by atoms with Crippen LogP contribution in [-0.4, -0.2) is 10.9 Å². The van der Waals surface area contributed by atoms with E-state index in [1.807, 2.05) is 31.4 Å². The lowest BCUT2D eigenvalue weighted by molar-refractivity contribution is -0.115. The minimum Gasteiger partial charge on any atom is -0.302 e. The Hall–Kier alpha value is -1.40. The number of amides is 1. The number of hydrogen-bond donors (Lipinski definition) is 1. The van der Waals surface area contributed by atoms with E-state index in [9.17, 15) is 4.79 Å². The highest BCUT2D eigenvalue weighted by Gasteiger charge is 2.14. The van der Waals surface area contributed by atoms with Gasteiger partial charge < -0.3 is 5.32 Å². The SMILES string of the molecule is Cc1ccc(CC(=O)Nc2nc(-c3cc(Cl)sc3Cl)cs2)c(C)c1. The Morgan fingerprint density at radius 3 is 2.71 bits per heavy atom. The fraction of sp³-hybridized carbons (Fsp3) is 0.176. The topological polar surface area (TPSA) is 42.0 Å². The van der Waals surface area contributed by atoms with Crippen LogP contribution in [0.5, 0.6) is 0 Å². The van der Waals surface area contributed by atoms with Gasteiger partial charge in [-0.3, -0.25) is 4.79 Å². The minimum atomic E-state index is -0.0858. The zero-order valence-corrected chi connectivity index (χ0v) is 16.2. The molecule has 2 heterocycles. The number of nitrogens with zero attached hydrogens (tertiary/aromatic N) is 1. The summed E-state index contributed by atoms with van der Waals surface area (Å²) in [5.41, 5.74) is 4.83. The zero-order valence-electron chi connectivity index (χ0n) is 13.0. The van der Waals surface area contributed by atoms with Gasteiger partial charge >= 0.3 is 0 Å². The molecule has 7 heteroatoms. The summed E-state index contributed by atoms with van der Waals surface area (Å²) in [4.78, 5) is 16.7. The summed E-state index contributed by atoms with van der Waals surface area (Å²) in [7, 11) is 0. The molecule has 0 saturated heterocycles. The lowest BCUT2D eigenvalue weighted by atomic mass is 10.0. The number of aryl methyl sites for hydroxylation is 2. The van der Waals surface area contributed by atoms with Crippen LogP contribution in [0, 0.1) is 13.8 Å². The fourth-order valence-corrected chi connectivity index (χ4v) is 4.56. The third kappa shape index (κ3) is 3.98. The Morgan fingerprint density at radius 1 is 1.25 bits per heavy atom. The van der Waals surface area contributed by atoms with Crippen LogP contribution in [0.4, 0.5) is 5.13 Å². The van der Waals surface area contributed by atoms with Crippen LogP contribution >= 0.6 is 45.9 Å². The van der Waals surface area contributed by atoms with E-state index in [2.05, 4.69) is 16.4 Å². The van der Waals surface area contributed by atoms with Crippen molar-refractivity contribution in [3.8, 4) is 11.3 Å². The first kappa shape index (κ1) is 17.4. The van der Waals surface area contributed by atoms with Gasteiger partial charge in [-0.15, -0.1) is 22.7 Å². The Balaban J connectivity index is 1.70. The summed E-state index contributed by atoms with van der Waals surface area (Å²) in [6.45, 7) is 4.05. The van der Waals surface area contributed by atoms with E-state index in [1.165, 1.54) is 28.2 Å². The number of aromatic nitrogens is 1. The van der Waals surface area contributed by atoms with Gasteiger partial charge in [-0.25, -0.2) is 4.98 Å². The molecule has 3 rings (SSSR count). The second-order valence-corrected chi connectivity index (χ2v) is 8.57. The smallest absolute Gasteiger partial charge is 0.230 e. The maximum absolute atomic E-state index is 12.2. The number of thiazole rings is 1. The molecular formula is C17H14Cl2N2OS2.